The van der Waals surface area contributed by atoms with Crippen LogP contribution in [-0.4, -0.2) is 84.8 Å². The van der Waals surface area contributed by atoms with E-state index in [0.717, 1.165) is 33.4 Å². The van der Waals surface area contributed by atoms with Crippen LogP contribution in [0.15, 0.2) is 182 Å². The number of ether oxygens (including phenoxy) is 9. The van der Waals surface area contributed by atoms with Gasteiger partial charge in [0.2, 0.25) is 0 Å². The molecule has 2 aliphatic rings. The molecule has 2 aliphatic heterocycles. The quantitative estimate of drug-likeness (QED) is 0.0691. The van der Waals surface area contributed by atoms with Crippen molar-refractivity contribution in [2.24, 2.45) is 0 Å². The standard InChI is InChI=1S/C54H58O11/c55-47-48(59-33-41-23-11-3-12-24-41)45(37-57-31-39-19-7-1-8-20-39)64-54(50(47)60-34-42-25-13-4-14-26-42)65-49-46(38-58-32-40-21-9-2-10-22-40)63-53(56)52(62-36-44-29-17-6-18-30-44)51(49)61-35-43-27-15-5-16-28-43/h1-30,45-56H,31-38H2/t45-,46-,47+,48+,49+,50-,51+,52-,53-,54-/m1/s1. The summed E-state index contributed by atoms with van der Waals surface area (Å²) in [5.74, 6) is 0. The summed E-state index contributed by atoms with van der Waals surface area (Å²) >= 11 is 0. The molecule has 0 saturated carbocycles. The Kier molecular flexibility index (Phi) is 17.4. The van der Waals surface area contributed by atoms with E-state index in [1.165, 1.54) is 0 Å². The summed E-state index contributed by atoms with van der Waals surface area (Å²) in [6, 6.07) is 58.6. The maximum absolute atomic E-state index is 12.5. The number of aliphatic hydroxyl groups excluding tert-OH is 2. The Morgan fingerprint density at radius 2 is 0.662 bits per heavy atom. The molecule has 0 amide bonds. The molecule has 11 heteroatoms. The number of benzene rings is 6. The van der Waals surface area contributed by atoms with Crippen molar-refractivity contribution >= 4 is 0 Å². The van der Waals surface area contributed by atoms with Crippen molar-refractivity contribution < 1.29 is 52.8 Å². The van der Waals surface area contributed by atoms with Crippen LogP contribution in [0, 0.1) is 0 Å². The van der Waals surface area contributed by atoms with E-state index in [1.807, 2.05) is 182 Å². The van der Waals surface area contributed by atoms with Gasteiger partial charge in [-0.25, -0.2) is 0 Å². The first kappa shape index (κ1) is 46.4. The highest BCUT2D eigenvalue weighted by atomic mass is 16.7. The molecule has 0 unspecified atom stereocenters. The molecule has 8 rings (SSSR count). The molecule has 0 radical (unpaired) electrons. The van der Waals surface area contributed by atoms with Gasteiger partial charge < -0.3 is 52.8 Å². The molecule has 65 heavy (non-hydrogen) atoms. The molecule has 10 atom stereocenters. The zero-order chi connectivity index (χ0) is 44.5. The predicted molar refractivity (Wildman–Crippen MR) is 243 cm³/mol. The molecule has 0 aromatic heterocycles. The highest BCUT2D eigenvalue weighted by Crippen LogP contribution is 2.35. The first-order chi connectivity index (χ1) is 32.1. The van der Waals surface area contributed by atoms with E-state index in [0.29, 0.717) is 6.61 Å². The Balaban J connectivity index is 1.12. The first-order valence-electron chi connectivity index (χ1n) is 22.3. The monoisotopic (exact) mass is 882 g/mol. The van der Waals surface area contributed by atoms with E-state index >= 15 is 0 Å². The van der Waals surface area contributed by atoms with Crippen LogP contribution in [0.5, 0.6) is 0 Å². The predicted octanol–water partition coefficient (Wildman–Crippen LogP) is 7.95. The van der Waals surface area contributed by atoms with Crippen molar-refractivity contribution in [3.8, 4) is 0 Å². The SMILES string of the molecule is O[C@H]1[C@@H](OCc2ccccc2)[C@@H](COCc2ccccc2)O[C@H](O[C@@H]2[C@H](OCc3ccccc3)[C@@H](OCc3ccccc3)[C@H](O)O[C@@H]2COCc2ccccc2)[C@@H]1OCc1ccccc1. The lowest BCUT2D eigenvalue weighted by Gasteiger charge is -2.49. The van der Waals surface area contributed by atoms with E-state index < -0.39 is 61.4 Å². The van der Waals surface area contributed by atoms with E-state index in [-0.39, 0.29) is 46.2 Å². The van der Waals surface area contributed by atoms with Crippen LogP contribution in [0.3, 0.4) is 0 Å². The molecule has 2 N–H and O–H groups in total. The summed E-state index contributed by atoms with van der Waals surface area (Å²) in [4.78, 5) is 0. The molecule has 0 aliphatic carbocycles. The number of hydrogen-bond acceptors (Lipinski definition) is 11. The first-order valence-corrected chi connectivity index (χ1v) is 22.3. The Morgan fingerprint density at radius 3 is 1.06 bits per heavy atom. The van der Waals surface area contributed by atoms with Crippen molar-refractivity contribution in [2.45, 2.75) is 101 Å². The van der Waals surface area contributed by atoms with Crippen molar-refractivity contribution in [1.82, 2.24) is 0 Å². The highest BCUT2D eigenvalue weighted by molar-refractivity contribution is 5.18. The van der Waals surface area contributed by atoms with Gasteiger partial charge in [-0.05, 0) is 33.4 Å². The van der Waals surface area contributed by atoms with Crippen molar-refractivity contribution in [3.05, 3.63) is 215 Å². The molecule has 2 heterocycles. The van der Waals surface area contributed by atoms with Gasteiger partial charge in [-0.15, -0.1) is 0 Å². The largest absolute Gasteiger partial charge is 0.387 e. The van der Waals surface area contributed by atoms with Crippen molar-refractivity contribution in [3.63, 3.8) is 0 Å². The Hall–Kier alpha value is -5.12. The van der Waals surface area contributed by atoms with Gasteiger partial charge in [0.25, 0.3) is 0 Å². The fourth-order valence-electron chi connectivity index (χ4n) is 8.04. The third-order valence-electron chi connectivity index (χ3n) is 11.4. The molecule has 6 aromatic carbocycles. The maximum Gasteiger partial charge on any atom is 0.187 e. The number of rotatable bonds is 22. The summed E-state index contributed by atoms with van der Waals surface area (Å²) in [6.07, 6.45) is -10.4. The van der Waals surface area contributed by atoms with Crippen molar-refractivity contribution in [1.29, 1.82) is 0 Å². The summed E-state index contributed by atoms with van der Waals surface area (Å²) in [5.41, 5.74) is 5.59. The lowest BCUT2D eigenvalue weighted by Crippen LogP contribution is -2.66. The molecular weight excluding hydrogens is 825 g/mol. The second-order valence-corrected chi connectivity index (χ2v) is 16.2. The third-order valence-corrected chi connectivity index (χ3v) is 11.4. The van der Waals surface area contributed by atoms with Gasteiger partial charge >= 0.3 is 0 Å². The topological polar surface area (TPSA) is 124 Å². The molecule has 340 valence electrons. The van der Waals surface area contributed by atoms with E-state index in [1.54, 1.807) is 0 Å². The van der Waals surface area contributed by atoms with E-state index in [9.17, 15) is 10.2 Å². The summed E-state index contributed by atoms with van der Waals surface area (Å²) in [6.45, 7) is 1.38. The van der Waals surface area contributed by atoms with Gasteiger partial charge in [-0.2, -0.15) is 0 Å². The van der Waals surface area contributed by atoms with Gasteiger partial charge in [-0.1, -0.05) is 182 Å². The van der Waals surface area contributed by atoms with E-state index in [4.69, 9.17) is 42.6 Å². The fraction of sp³-hybridized carbons (Fsp3) is 0.333. The Labute approximate surface area is 381 Å². The van der Waals surface area contributed by atoms with E-state index in [2.05, 4.69) is 0 Å². The minimum absolute atomic E-state index is 0.0183. The van der Waals surface area contributed by atoms with Gasteiger partial charge in [0.1, 0.15) is 48.8 Å². The molecule has 0 spiro atoms. The van der Waals surface area contributed by atoms with Gasteiger partial charge in [0, 0.05) is 0 Å². The molecular formula is C54H58O11. The van der Waals surface area contributed by atoms with Gasteiger partial charge in [0.05, 0.1) is 52.9 Å². The molecule has 2 fully saturated rings. The minimum atomic E-state index is -1.41. The second kappa shape index (κ2) is 24.4. The molecule has 2 saturated heterocycles. The van der Waals surface area contributed by atoms with Crippen LogP contribution in [0.1, 0.15) is 33.4 Å². The molecule has 6 aromatic rings. The number of aliphatic hydroxyl groups is 2. The average molecular weight is 883 g/mol. The van der Waals surface area contributed by atoms with Gasteiger partial charge in [0.15, 0.2) is 12.6 Å². The van der Waals surface area contributed by atoms with Crippen molar-refractivity contribution in [2.75, 3.05) is 13.2 Å². The molecule has 11 nitrogen and oxygen atoms in total. The lowest BCUT2D eigenvalue weighted by molar-refractivity contribution is -0.371. The van der Waals surface area contributed by atoms with Crippen LogP contribution < -0.4 is 0 Å². The number of hydrogen-bond donors (Lipinski definition) is 2. The minimum Gasteiger partial charge on any atom is -0.387 e. The third kappa shape index (κ3) is 13.5. The maximum atomic E-state index is 12.5. The van der Waals surface area contributed by atoms with Crippen LogP contribution in [-0.2, 0) is 82.3 Å². The zero-order valence-electron chi connectivity index (χ0n) is 36.3. The smallest absolute Gasteiger partial charge is 0.187 e. The van der Waals surface area contributed by atoms with Crippen LogP contribution in [0.25, 0.3) is 0 Å². The average Bonchev–Trinajstić information content (AvgIpc) is 3.35. The molecule has 0 bridgehead atoms. The van der Waals surface area contributed by atoms with Crippen LogP contribution >= 0.6 is 0 Å². The van der Waals surface area contributed by atoms with Gasteiger partial charge in [-0.3, -0.25) is 0 Å². The fourth-order valence-corrected chi connectivity index (χ4v) is 8.04. The summed E-state index contributed by atoms with van der Waals surface area (Å²) < 4.78 is 59.4. The summed E-state index contributed by atoms with van der Waals surface area (Å²) in [5, 5.41) is 24.3. The zero-order valence-corrected chi connectivity index (χ0v) is 36.3. The Bertz CT molecular complexity index is 2200. The Morgan fingerprint density at radius 1 is 0.338 bits per heavy atom. The summed E-state index contributed by atoms with van der Waals surface area (Å²) in [7, 11) is 0. The van der Waals surface area contributed by atoms with Crippen LogP contribution in [0.4, 0.5) is 0 Å². The lowest BCUT2D eigenvalue weighted by atomic mass is 9.96. The van der Waals surface area contributed by atoms with Crippen LogP contribution in [0.2, 0.25) is 0 Å². The highest BCUT2D eigenvalue weighted by Gasteiger charge is 2.53. The second-order valence-electron chi connectivity index (χ2n) is 16.2. The normalized spacial score (nSPS) is 25.6.